The van der Waals surface area contributed by atoms with Crippen LogP contribution in [0.5, 0.6) is 11.5 Å². The van der Waals surface area contributed by atoms with Gasteiger partial charge in [0.05, 0.1) is 7.11 Å². The van der Waals surface area contributed by atoms with Gasteiger partial charge in [-0.2, -0.15) is 0 Å². The van der Waals surface area contributed by atoms with Crippen molar-refractivity contribution in [2.45, 2.75) is 39.2 Å². The first-order valence-corrected chi connectivity index (χ1v) is 9.07. The molecule has 0 fully saturated rings. The number of carbonyl (C=O) groups excluding carboxylic acids is 2. The smallest absolute Gasteiger partial charge is 0.344 e. The predicted molar refractivity (Wildman–Crippen MR) is 108 cm³/mol. The number of amides is 1. The van der Waals surface area contributed by atoms with Crippen molar-refractivity contribution in [2.75, 3.05) is 19.0 Å². The molecule has 2 aromatic carbocycles. The molecule has 0 bridgehead atoms. The number of rotatable bonds is 7. The largest absolute Gasteiger partial charge is 0.497 e. The molecule has 0 aliphatic carbocycles. The Morgan fingerprint density at radius 3 is 2.29 bits per heavy atom. The van der Waals surface area contributed by atoms with Crippen LogP contribution >= 0.6 is 0 Å². The lowest BCUT2D eigenvalue weighted by molar-refractivity contribution is -0.155. The molecule has 1 N–H and O–H groups in total. The summed E-state index contributed by atoms with van der Waals surface area (Å²) in [5, 5.41) is 2.69. The van der Waals surface area contributed by atoms with E-state index in [0.717, 1.165) is 5.56 Å². The lowest BCUT2D eigenvalue weighted by Gasteiger charge is -2.22. The molecule has 0 saturated heterocycles. The topological polar surface area (TPSA) is 73.9 Å². The van der Waals surface area contributed by atoms with E-state index in [-0.39, 0.29) is 12.0 Å². The molecule has 0 saturated carbocycles. The number of hydrogen-bond donors (Lipinski definition) is 1. The molecule has 150 valence electrons. The Bertz CT molecular complexity index is 808. The highest BCUT2D eigenvalue weighted by Crippen LogP contribution is 2.30. The van der Waals surface area contributed by atoms with E-state index in [9.17, 15) is 9.59 Å². The summed E-state index contributed by atoms with van der Waals surface area (Å²) in [4.78, 5) is 24.3. The molecule has 0 heterocycles. The summed E-state index contributed by atoms with van der Waals surface area (Å²) in [7, 11) is 1.57. The third-order valence-electron chi connectivity index (χ3n) is 4.08. The molecule has 2 rings (SSSR count). The Labute approximate surface area is 165 Å². The highest BCUT2D eigenvalue weighted by molar-refractivity contribution is 5.95. The average Bonchev–Trinajstić information content (AvgIpc) is 2.66. The fraction of sp³-hybridized carbons (Fsp3) is 0.364. The van der Waals surface area contributed by atoms with Crippen LogP contribution in [0.3, 0.4) is 0 Å². The molecule has 0 aliphatic rings. The second-order valence-electron chi connectivity index (χ2n) is 7.38. The van der Waals surface area contributed by atoms with Gasteiger partial charge in [-0.1, -0.05) is 39.0 Å². The molecule has 0 aromatic heterocycles. The minimum Gasteiger partial charge on any atom is -0.497 e. The van der Waals surface area contributed by atoms with E-state index in [1.165, 1.54) is 6.92 Å². The van der Waals surface area contributed by atoms with E-state index in [1.807, 2.05) is 24.3 Å². The molecule has 1 amide bonds. The van der Waals surface area contributed by atoms with Gasteiger partial charge in [0.15, 0.2) is 12.7 Å². The van der Waals surface area contributed by atoms with Crippen LogP contribution in [0, 0.1) is 0 Å². The summed E-state index contributed by atoms with van der Waals surface area (Å²) in [5.41, 5.74) is 1.46. The number of anilines is 1. The zero-order valence-electron chi connectivity index (χ0n) is 16.9. The van der Waals surface area contributed by atoms with Crippen molar-refractivity contribution < 1.29 is 23.8 Å². The molecule has 0 spiro atoms. The highest BCUT2D eigenvalue weighted by atomic mass is 16.6. The molecule has 0 unspecified atom stereocenters. The van der Waals surface area contributed by atoms with Crippen LogP contribution in [0.25, 0.3) is 0 Å². The molecule has 6 nitrogen and oxygen atoms in total. The fourth-order valence-electron chi connectivity index (χ4n) is 2.55. The summed E-state index contributed by atoms with van der Waals surface area (Å²) in [6.07, 6.45) is -0.948. The first-order chi connectivity index (χ1) is 13.2. The molecule has 2 aromatic rings. The third-order valence-corrected chi connectivity index (χ3v) is 4.08. The SMILES string of the molecule is COc1ccc(NC(=O)[C@H](C)OC(=O)COc2ccccc2C(C)(C)C)cc1. The maximum atomic E-state index is 12.2. The standard InChI is InChI=1S/C22H27NO5/c1-15(21(25)23-16-10-12-17(26-5)13-11-16)28-20(24)14-27-19-9-7-6-8-18(19)22(2,3)4/h6-13,15H,14H2,1-5H3,(H,23,25)/t15-/m0/s1. The molecule has 0 radical (unpaired) electrons. The first kappa shape index (κ1) is 21.3. The van der Waals surface area contributed by atoms with Crippen LogP contribution in [0.4, 0.5) is 5.69 Å². The van der Waals surface area contributed by atoms with Crippen LogP contribution in [-0.2, 0) is 19.7 Å². The van der Waals surface area contributed by atoms with Crippen LogP contribution in [0.1, 0.15) is 33.3 Å². The summed E-state index contributed by atoms with van der Waals surface area (Å²) in [6.45, 7) is 7.45. The van der Waals surface area contributed by atoms with Crippen LogP contribution in [0.15, 0.2) is 48.5 Å². The number of methoxy groups -OCH3 is 1. The van der Waals surface area contributed by atoms with Gasteiger partial charge < -0.3 is 19.5 Å². The summed E-state index contributed by atoms with van der Waals surface area (Å²) in [6, 6.07) is 14.4. The number of para-hydroxylation sites is 1. The van der Waals surface area contributed by atoms with Gasteiger partial charge in [-0.15, -0.1) is 0 Å². The molecule has 1 atom stereocenters. The van der Waals surface area contributed by atoms with Gasteiger partial charge in [-0.25, -0.2) is 4.79 Å². The van der Waals surface area contributed by atoms with Crippen LogP contribution in [0.2, 0.25) is 0 Å². The monoisotopic (exact) mass is 385 g/mol. The average molecular weight is 385 g/mol. The number of esters is 1. The lowest BCUT2D eigenvalue weighted by Crippen LogP contribution is -2.31. The van der Waals surface area contributed by atoms with Crippen LogP contribution in [-0.4, -0.2) is 31.7 Å². The van der Waals surface area contributed by atoms with Crippen molar-refractivity contribution in [1.82, 2.24) is 0 Å². The third kappa shape index (κ3) is 6.01. The Balaban J connectivity index is 1.88. The Morgan fingerprint density at radius 1 is 1.04 bits per heavy atom. The van der Waals surface area contributed by atoms with Crippen molar-refractivity contribution in [3.8, 4) is 11.5 Å². The van der Waals surface area contributed by atoms with Gasteiger partial charge in [0.1, 0.15) is 11.5 Å². The van der Waals surface area contributed by atoms with E-state index >= 15 is 0 Å². The van der Waals surface area contributed by atoms with Gasteiger partial charge in [-0.05, 0) is 48.2 Å². The van der Waals surface area contributed by atoms with Crippen molar-refractivity contribution in [1.29, 1.82) is 0 Å². The fourth-order valence-corrected chi connectivity index (χ4v) is 2.55. The molecule has 0 aliphatic heterocycles. The van der Waals surface area contributed by atoms with E-state index in [0.29, 0.717) is 17.2 Å². The molecule has 28 heavy (non-hydrogen) atoms. The second-order valence-corrected chi connectivity index (χ2v) is 7.38. The minimum absolute atomic E-state index is 0.119. The highest BCUT2D eigenvalue weighted by Gasteiger charge is 2.21. The number of ether oxygens (including phenoxy) is 3. The van der Waals surface area contributed by atoms with Crippen LogP contribution < -0.4 is 14.8 Å². The van der Waals surface area contributed by atoms with Gasteiger partial charge in [-0.3, -0.25) is 4.79 Å². The zero-order chi connectivity index (χ0) is 20.7. The molecule has 6 heteroatoms. The maximum absolute atomic E-state index is 12.2. The van der Waals surface area contributed by atoms with E-state index in [1.54, 1.807) is 31.4 Å². The maximum Gasteiger partial charge on any atom is 0.344 e. The van der Waals surface area contributed by atoms with Gasteiger partial charge in [0, 0.05) is 5.69 Å². The van der Waals surface area contributed by atoms with Crippen molar-refractivity contribution in [2.24, 2.45) is 0 Å². The summed E-state index contributed by atoms with van der Waals surface area (Å²) < 4.78 is 15.9. The van der Waals surface area contributed by atoms with Gasteiger partial charge >= 0.3 is 5.97 Å². The summed E-state index contributed by atoms with van der Waals surface area (Å²) >= 11 is 0. The van der Waals surface area contributed by atoms with Crippen molar-refractivity contribution in [3.05, 3.63) is 54.1 Å². The molecular formula is C22H27NO5. The Morgan fingerprint density at radius 2 is 1.68 bits per heavy atom. The second kappa shape index (κ2) is 9.26. The summed E-state index contributed by atoms with van der Waals surface area (Å²) in [5.74, 6) is 0.280. The number of hydrogen-bond acceptors (Lipinski definition) is 5. The number of benzene rings is 2. The first-order valence-electron chi connectivity index (χ1n) is 9.07. The Hall–Kier alpha value is -3.02. The van der Waals surface area contributed by atoms with E-state index in [2.05, 4.69) is 26.1 Å². The van der Waals surface area contributed by atoms with E-state index < -0.39 is 18.0 Å². The Kier molecular flexibility index (Phi) is 7.04. The normalized spacial score (nSPS) is 12.0. The lowest BCUT2D eigenvalue weighted by atomic mass is 9.86. The zero-order valence-corrected chi connectivity index (χ0v) is 16.9. The van der Waals surface area contributed by atoms with Gasteiger partial charge in [0.25, 0.3) is 5.91 Å². The minimum atomic E-state index is -0.948. The molecular weight excluding hydrogens is 358 g/mol. The van der Waals surface area contributed by atoms with E-state index in [4.69, 9.17) is 14.2 Å². The quantitative estimate of drug-likeness (QED) is 0.731. The van der Waals surface area contributed by atoms with Crippen molar-refractivity contribution >= 4 is 17.6 Å². The number of nitrogens with one attached hydrogen (secondary N) is 1. The number of carbonyl (C=O) groups is 2. The van der Waals surface area contributed by atoms with Crippen molar-refractivity contribution in [3.63, 3.8) is 0 Å². The predicted octanol–water partition coefficient (Wildman–Crippen LogP) is 3.94. The van der Waals surface area contributed by atoms with Gasteiger partial charge in [0.2, 0.25) is 0 Å².